The largest absolute Gasteiger partial charge is 0.507 e. The van der Waals surface area contributed by atoms with Gasteiger partial charge in [-0.3, -0.25) is 14.5 Å². The predicted molar refractivity (Wildman–Crippen MR) is 119 cm³/mol. The Kier molecular flexibility index (Phi) is 6.26. The van der Waals surface area contributed by atoms with Gasteiger partial charge in [-0.25, -0.2) is 4.39 Å². The highest BCUT2D eigenvalue weighted by molar-refractivity contribution is 6.51. The Balaban J connectivity index is 1.81. The van der Waals surface area contributed by atoms with Crippen molar-refractivity contribution in [3.63, 3.8) is 0 Å². The number of aliphatic hydroxyl groups is 1. The van der Waals surface area contributed by atoms with Crippen LogP contribution >= 0.6 is 0 Å². The highest BCUT2D eigenvalue weighted by Gasteiger charge is 2.48. The smallest absolute Gasteiger partial charge is 0.301 e. The minimum Gasteiger partial charge on any atom is -0.507 e. The SMILES string of the molecule is CCCCOc1ccc(C2/C(=C(\O)c3ccc(F)cc3)C(=O)C(=O)N2c2cc(C)on2)cc1. The molecule has 1 aliphatic heterocycles. The first-order valence-electron chi connectivity index (χ1n) is 10.6. The third-order valence-electron chi connectivity index (χ3n) is 5.39. The molecule has 1 atom stereocenters. The van der Waals surface area contributed by atoms with E-state index in [1.807, 2.05) is 0 Å². The van der Waals surface area contributed by atoms with Crippen molar-refractivity contribution in [2.45, 2.75) is 32.7 Å². The summed E-state index contributed by atoms with van der Waals surface area (Å²) in [6, 6.07) is 12.6. The third-order valence-corrected chi connectivity index (χ3v) is 5.39. The fourth-order valence-electron chi connectivity index (χ4n) is 3.69. The number of ketones is 1. The standard InChI is InChI=1S/C25H23FN2O5/c1-3-4-13-32-19-11-7-16(8-12-19)22-21(23(29)17-5-9-18(26)10-6-17)24(30)25(31)28(22)20-14-15(2)33-27-20/h5-12,14,22,29H,3-4,13H2,1-2H3/b23-21+. The van der Waals surface area contributed by atoms with Gasteiger partial charge in [0.2, 0.25) is 0 Å². The molecular formula is C25H23FN2O5. The number of Topliss-reactive ketones (excluding diaryl/α,β-unsaturated/α-hetero) is 1. The molecule has 1 amide bonds. The molecule has 33 heavy (non-hydrogen) atoms. The summed E-state index contributed by atoms with van der Waals surface area (Å²) >= 11 is 0. The minimum atomic E-state index is -0.954. The van der Waals surface area contributed by atoms with Crippen LogP contribution in [-0.2, 0) is 9.59 Å². The average molecular weight is 450 g/mol. The maximum Gasteiger partial charge on any atom is 0.301 e. The van der Waals surface area contributed by atoms with Crippen molar-refractivity contribution in [3.8, 4) is 5.75 Å². The quantitative estimate of drug-likeness (QED) is 0.238. The lowest BCUT2D eigenvalue weighted by Crippen LogP contribution is -2.29. The van der Waals surface area contributed by atoms with Crippen molar-refractivity contribution in [3.05, 3.63) is 82.9 Å². The fourth-order valence-corrected chi connectivity index (χ4v) is 3.69. The van der Waals surface area contributed by atoms with Crippen molar-refractivity contribution < 1.29 is 28.3 Å². The van der Waals surface area contributed by atoms with Crippen LogP contribution in [0.3, 0.4) is 0 Å². The molecule has 1 fully saturated rings. The van der Waals surface area contributed by atoms with Gasteiger partial charge in [0.15, 0.2) is 5.82 Å². The number of hydrogen-bond donors (Lipinski definition) is 1. The van der Waals surface area contributed by atoms with Crippen molar-refractivity contribution in [1.29, 1.82) is 0 Å². The molecule has 3 aromatic rings. The maximum atomic E-state index is 13.4. The number of carbonyl (C=O) groups is 2. The topological polar surface area (TPSA) is 92.9 Å². The molecule has 1 aliphatic rings. The van der Waals surface area contributed by atoms with Gasteiger partial charge in [0.1, 0.15) is 23.1 Å². The highest BCUT2D eigenvalue weighted by atomic mass is 19.1. The van der Waals surface area contributed by atoms with E-state index < -0.39 is 29.3 Å². The van der Waals surface area contributed by atoms with Gasteiger partial charge in [-0.05, 0) is 55.3 Å². The second kappa shape index (κ2) is 9.28. The number of nitrogens with zero attached hydrogens (tertiary/aromatic N) is 2. The molecule has 1 unspecified atom stereocenters. The molecule has 0 radical (unpaired) electrons. The fraction of sp³-hybridized carbons (Fsp3) is 0.240. The Morgan fingerprint density at radius 2 is 1.85 bits per heavy atom. The van der Waals surface area contributed by atoms with Crippen LogP contribution < -0.4 is 9.64 Å². The number of benzene rings is 2. The van der Waals surface area contributed by atoms with E-state index in [-0.39, 0.29) is 17.0 Å². The number of amides is 1. The van der Waals surface area contributed by atoms with Crippen LogP contribution in [0, 0.1) is 12.7 Å². The van der Waals surface area contributed by atoms with E-state index in [9.17, 15) is 19.1 Å². The van der Waals surface area contributed by atoms with E-state index >= 15 is 0 Å². The number of carbonyl (C=O) groups excluding carboxylic acids is 2. The van der Waals surface area contributed by atoms with Crippen LogP contribution in [0.25, 0.3) is 5.76 Å². The first-order valence-corrected chi connectivity index (χ1v) is 10.6. The molecule has 0 aliphatic carbocycles. The van der Waals surface area contributed by atoms with E-state index in [0.29, 0.717) is 23.7 Å². The van der Waals surface area contributed by atoms with Gasteiger partial charge in [-0.1, -0.05) is 30.6 Å². The molecule has 0 saturated carbocycles. The third kappa shape index (κ3) is 4.37. The molecule has 7 nitrogen and oxygen atoms in total. The second-order valence-corrected chi connectivity index (χ2v) is 7.74. The number of hydrogen-bond acceptors (Lipinski definition) is 6. The zero-order chi connectivity index (χ0) is 23.5. The number of unbranched alkanes of at least 4 members (excludes halogenated alkanes) is 1. The monoisotopic (exact) mass is 450 g/mol. The number of aromatic nitrogens is 1. The molecule has 8 heteroatoms. The van der Waals surface area contributed by atoms with Crippen molar-refractivity contribution in [1.82, 2.24) is 5.16 Å². The van der Waals surface area contributed by atoms with E-state index in [1.165, 1.54) is 35.2 Å². The first-order chi connectivity index (χ1) is 15.9. The molecule has 1 aromatic heterocycles. The van der Waals surface area contributed by atoms with Gasteiger partial charge in [0, 0.05) is 11.6 Å². The molecule has 170 valence electrons. The minimum absolute atomic E-state index is 0.119. The first kappa shape index (κ1) is 22.3. The predicted octanol–water partition coefficient (Wildman–Crippen LogP) is 4.93. The summed E-state index contributed by atoms with van der Waals surface area (Å²) in [7, 11) is 0. The lowest BCUT2D eigenvalue weighted by Gasteiger charge is -2.23. The molecule has 2 heterocycles. The summed E-state index contributed by atoms with van der Waals surface area (Å²) in [5, 5.41) is 14.9. The summed E-state index contributed by atoms with van der Waals surface area (Å²) < 4.78 is 24.2. The van der Waals surface area contributed by atoms with Gasteiger partial charge in [-0.15, -0.1) is 0 Å². The molecule has 4 rings (SSSR count). The van der Waals surface area contributed by atoms with Crippen molar-refractivity contribution >= 4 is 23.3 Å². The van der Waals surface area contributed by atoms with Crippen LogP contribution in [0.2, 0.25) is 0 Å². The van der Waals surface area contributed by atoms with Crippen LogP contribution in [0.4, 0.5) is 10.2 Å². The Bertz CT molecular complexity index is 1200. The van der Waals surface area contributed by atoms with E-state index in [4.69, 9.17) is 9.26 Å². The number of aliphatic hydroxyl groups excluding tert-OH is 1. The number of ether oxygens (including phenoxy) is 1. The Morgan fingerprint density at radius 1 is 1.15 bits per heavy atom. The maximum absolute atomic E-state index is 13.4. The molecule has 2 aromatic carbocycles. The zero-order valence-corrected chi connectivity index (χ0v) is 18.2. The van der Waals surface area contributed by atoms with E-state index in [0.717, 1.165) is 12.8 Å². The van der Waals surface area contributed by atoms with Gasteiger partial charge in [0.05, 0.1) is 18.2 Å². The summed E-state index contributed by atoms with van der Waals surface area (Å²) in [6.45, 7) is 4.32. The molecular weight excluding hydrogens is 427 g/mol. The van der Waals surface area contributed by atoms with Crippen LogP contribution in [0.15, 0.2) is 64.7 Å². The summed E-state index contributed by atoms with van der Waals surface area (Å²) in [6.07, 6.45) is 1.93. The van der Waals surface area contributed by atoms with Crippen LogP contribution in [0.5, 0.6) is 5.75 Å². The van der Waals surface area contributed by atoms with Gasteiger partial charge in [-0.2, -0.15) is 0 Å². The lowest BCUT2D eigenvalue weighted by molar-refractivity contribution is -0.132. The van der Waals surface area contributed by atoms with Gasteiger partial charge < -0.3 is 14.4 Å². The molecule has 1 saturated heterocycles. The normalized spacial score (nSPS) is 17.5. The Hall–Kier alpha value is -3.94. The van der Waals surface area contributed by atoms with Gasteiger partial charge in [0.25, 0.3) is 5.78 Å². The van der Waals surface area contributed by atoms with Crippen molar-refractivity contribution in [2.75, 3.05) is 11.5 Å². The highest BCUT2D eigenvalue weighted by Crippen LogP contribution is 2.42. The summed E-state index contributed by atoms with van der Waals surface area (Å²) in [5.74, 6) is -1.33. The number of aryl methyl sites for hydroxylation is 1. The van der Waals surface area contributed by atoms with E-state index in [2.05, 4.69) is 12.1 Å². The number of anilines is 1. The summed E-state index contributed by atoms with van der Waals surface area (Å²) in [4.78, 5) is 27.2. The molecule has 1 N–H and O–H groups in total. The Morgan fingerprint density at radius 3 is 2.45 bits per heavy atom. The number of halogens is 1. The molecule has 0 bridgehead atoms. The van der Waals surface area contributed by atoms with Crippen molar-refractivity contribution in [2.24, 2.45) is 0 Å². The van der Waals surface area contributed by atoms with Gasteiger partial charge >= 0.3 is 5.91 Å². The number of rotatable bonds is 7. The van der Waals surface area contributed by atoms with E-state index in [1.54, 1.807) is 31.2 Å². The summed E-state index contributed by atoms with van der Waals surface area (Å²) in [5.41, 5.74) is 0.670. The zero-order valence-electron chi connectivity index (χ0n) is 18.2. The second-order valence-electron chi connectivity index (χ2n) is 7.74. The van der Waals surface area contributed by atoms with Crippen LogP contribution in [-0.4, -0.2) is 28.6 Å². The lowest BCUT2D eigenvalue weighted by atomic mass is 9.95. The molecule has 0 spiro atoms. The average Bonchev–Trinajstić information content (AvgIpc) is 3.35. The van der Waals surface area contributed by atoms with Crippen LogP contribution in [0.1, 0.15) is 42.7 Å². The Labute approximate surface area is 190 Å².